The Labute approximate surface area is 127 Å². The molecule has 2 heterocycles. The van der Waals surface area contributed by atoms with E-state index in [0.717, 1.165) is 14.7 Å². The number of carbonyl (C=O) groups excluding carboxylic acids is 1. The second-order valence-corrected chi connectivity index (χ2v) is 6.13. The number of benzene rings is 1. The van der Waals surface area contributed by atoms with Crippen LogP contribution in [0, 0.1) is 12.3 Å². The molecule has 0 saturated carbocycles. The van der Waals surface area contributed by atoms with Gasteiger partial charge in [0.15, 0.2) is 11.4 Å². The average molecular weight is 352 g/mol. The maximum Gasteiger partial charge on any atom is 0.329 e. The topological polar surface area (TPSA) is 56.7 Å². The van der Waals surface area contributed by atoms with Crippen molar-refractivity contribution in [2.75, 3.05) is 18.0 Å². The smallest absolute Gasteiger partial charge is 0.329 e. The zero-order valence-corrected chi connectivity index (χ0v) is 12.7. The van der Waals surface area contributed by atoms with Gasteiger partial charge in [0.2, 0.25) is 0 Å². The zero-order chi connectivity index (χ0) is 14.3. The Morgan fingerprint density at radius 2 is 2.40 bits per heavy atom. The summed E-state index contributed by atoms with van der Waals surface area (Å²) in [6.45, 7) is 0.376. The lowest BCUT2D eigenvalue weighted by Gasteiger charge is -2.15. The van der Waals surface area contributed by atoms with Crippen molar-refractivity contribution in [1.82, 2.24) is 9.88 Å². The Bertz CT molecular complexity index is 724. The normalized spacial score (nSPS) is 18.9. The molecule has 1 N–H and O–H groups in total. The summed E-state index contributed by atoms with van der Waals surface area (Å²) in [5.74, 6) is 2.41. The number of aliphatic hydroxyl groups is 1. The van der Waals surface area contributed by atoms with Crippen molar-refractivity contribution in [1.29, 1.82) is 0 Å². The first-order chi connectivity index (χ1) is 9.61. The first kappa shape index (κ1) is 13.4. The number of thiazole rings is 1. The van der Waals surface area contributed by atoms with E-state index in [-0.39, 0.29) is 19.1 Å². The highest BCUT2D eigenvalue weighted by molar-refractivity contribution is 9.10. The highest BCUT2D eigenvalue weighted by Crippen LogP contribution is 2.36. The number of aromatic nitrogens is 1. The van der Waals surface area contributed by atoms with Crippen LogP contribution in [0.1, 0.15) is 0 Å². The van der Waals surface area contributed by atoms with Crippen LogP contribution in [0.15, 0.2) is 22.7 Å². The number of hydrogen-bond acceptors (Lipinski definition) is 4. The van der Waals surface area contributed by atoms with Crippen molar-refractivity contribution < 1.29 is 9.90 Å². The van der Waals surface area contributed by atoms with E-state index in [0.29, 0.717) is 5.13 Å². The second kappa shape index (κ2) is 5.05. The Morgan fingerprint density at radius 3 is 3.10 bits per heavy atom. The van der Waals surface area contributed by atoms with Gasteiger partial charge in [-0.2, -0.15) is 0 Å². The number of nitrogens with zero attached hydrogens (tertiary/aromatic N) is 3. The number of amides is 2. The van der Waals surface area contributed by atoms with Crippen LogP contribution in [-0.4, -0.2) is 40.3 Å². The second-order valence-electron chi connectivity index (χ2n) is 4.30. The molecule has 1 atom stereocenters. The molecular formula is C13H10BrN3O2S. The van der Waals surface area contributed by atoms with Gasteiger partial charge in [0.1, 0.15) is 0 Å². The van der Waals surface area contributed by atoms with Crippen LogP contribution in [0.3, 0.4) is 0 Å². The summed E-state index contributed by atoms with van der Waals surface area (Å²) in [5.41, 5.74) is 0.787. The third kappa shape index (κ3) is 2.06. The van der Waals surface area contributed by atoms with Crippen LogP contribution in [0.4, 0.5) is 9.93 Å². The van der Waals surface area contributed by atoms with E-state index >= 15 is 0 Å². The molecule has 1 aliphatic heterocycles. The van der Waals surface area contributed by atoms with E-state index in [1.165, 1.54) is 21.1 Å². The maximum atomic E-state index is 12.2. The third-order valence-electron chi connectivity index (χ3n) is 3.00. The summed E-state index contributed by atoms with van der Waals surface area (Å²) in [6, 6.07) is 5.34. The fourth-order valence-corrected chi connectivity index (χ4v) is 3.70. The van der Waals surface area contributed by atoms with E-state index in [2.05, 4.69) is 26.8 Å². The van der Waals surface area contributed by atoms with Crippen LogP contribution in [0.2, 0.25) is 0 Å². The summed E-state index contributed by atoms with van der Waals surface area (Å²) < 4.78 is 1.86. The third-order valence-corrected chi connectivity index (χ3v) is 5.03. The molecular weight excluding hydrogens is 342 g/mol. The van der Waals surface area contributed by atoms with Crippen LogP contribution in [0.25, 0.3) is 10.2 Å². The molecule has 3 rings (SSSR count). The van der Waals surface area contributed by atoms with Crippen molar-refractivity contribution in [2.45, 2.75) is 6.23 Å². The lowest BCUT2D eigenvalue weighted by molar-refractivity contribution is 0.181. The fourth-order valence-electron chi connectivity index (χ4n) is 2.10. The van der Waals surface area contributed by atoms with E-state index in [1.54, 1.807) is 0 Å². The van der Waals surface area contributed by atoms with Crippen molar-refractivity contribution in [3.63, 3.8) is 0 Å². The molecule has 0 spiro atoms. The highest BCUT2D eigenvalue weighted by Gasteiger charge is 2.38. The molecule has 0 bridgehead atoms. The number of carbonyl (C=O) groups is 1. The van der Waals surface area contributed by atoms with Crippen molar-refractivity contribution in [2.24, 2.45) is 0 Å². The Morgan fingerprint density at radius 1 is 1.60 bits per heavy atom. The van der Waals surface area contributed by atoms with Gasteiger partial charge in [0.25, 0.3) is 0 Å². The lowest BCUT2D eigenvalue weighted by Crippen LogP contribution is -2.34. The molecule has 1 unspecified atom stereocenters. The number of anilines is 1. The zero-order valence-electron chi connectivity index (χ0n) is 10.3. The minimum atomic E-state index is -0.921. The summed E-state index contributed by atoms with van der Waals surface area (Å²) >= 11 is 4.81. The lowest BCUT2D eigenvalue weighted by atomic mass is 10.3. The molecule has 0 radical (unpaired) electrons. The van der Waals surface area contributed by atoms with Gasteiger partial charge in [-0.05, 0) is 28.1 Å². The summed E-state index contributed by atoms with van der Waals surface area (Å²) in [5, 5.41) is 10.5. The number of terminal acetylenes is 1. The van der Waals surface area contributed by atoms with Gasteiger partial charge in [-0.25, -0.2) is 14.7 Å². The number of β-amino-alcohol motifs (C(OH)–C–C–N with tert-alkyl or cyclic N) is 1. The molecule has 7 heteroatoms. The predicted molar refractivity (Wildman–Crippen MR) is 81.6 cm³/mol. The molecule has 2 aromatic rings. The number of fused-ring (bicyclic) bond motifs is 1. The molecule has 20 heavy (non-hydrogen) atoms. The van der Waals surface area contributed by atoms with Gasteiger partial charge in [0.05, 0.1) is 23.3 Å². The van der Waals surface area contributed by atoms with Crippen molar-refractivity contribution >= 4 is 48.6 Å². The van der Waals surface area contributed by atoms with Crippen LogP contribution in [0.5, 0.6) is 0 Å². The van der Waals surface area contributed by atoms with Gasteiger partial charge >= 0.3 is 6.03 Å². The average Bonchev–Trinajstić information content (AvgIpc) is 2.93. The van der Waals surface area contributed by atoms with Gasteiger partial charge in [0, 0.05) is 4.47 Å². The number of aliphatic hydroxyl groups excluding tert-OH is 1. The minimum absolute atomic E-state index is 0.182. The Kier molecular flexibility index (Phi) is 3.38. The monoisotopic (exact) mass is 351 g/mol. The number of halogens is 1. The van der Waals surface area contributed by atoms with Crippen molar-refractivity contribution in [3.8, 4) is 12.3 Å². The molecule has 1 saturated heterocycles. The molecule has 1 aromatic carbocycles. The summed E-state index contributed by atoms with van der Waals surface area (Å²) in [6.07, 6.45) is 4.30. The van der Waals surface area contributed by atoms with Gasteiger partial charge in [-0.1, -0.05) is 23.3 Å². The first-order valence-electron chi connectivity index (χ1n) is 5.86. The predicted octanol–water partition coefficient (Wildman–Crippen LogP) is 2.25. The minimum Gasteiger partial charge on any atom is -0.371 e. The fraction of sp³-hybridized carbons (Fsp3) is 0.231. The molecule has 1 aliphatic rings. The number of rotatable bonds is 2. The maximum absolute atomic E-state index is 12.2. The highest BCUT2D eigenvalue weighted by atomic mass is 79.9. The molecule has 2 amide bonds. The van der Waals surface area contributed by atoms with Crippen LogP contribution < -0.4 is 4.90 Å². The SMILES string of the molecule is C#CCN1CC(O)N(c2nc3cccc(Br)c3s2)C1=O. The molecule has 0 aliphatic carbocycles. The molecule has 1 fully saturated rings. The molecule has 1 aromatic heterocycles. The van der Waals surface area contributed by atoms with Gasteiger partial charge < -0.3 is 10.0 Å². The standard InChI is InChI=1S/C13H10BrN3O2S/c1-2-6-16-7-10(18)17(13(16)19)12-15-9-5-3-4-8(14)11(9)20-12/h1,3-5,10,18H,6-7H2. The van der Waals surface area contributed by atoms with E-state index in [9.17, 15) is 9.90 Å². The van der Waals surface area contributed by atoms with E-state index in [1.807, 2.05) is 18.2 Å². The quantitative estimate of drug-likeness (QED) is 0.844. The molecule has 5 nitrogen and oxygen atoms in total. The van der Waals surface area contributed by atoms with Crippen molar-refractivity contribution in [3.05, 3.63) is 22.7 Å². The Hall–Kier alpha value is -1.62. The summed E-state index contributed by atoms with van der Waals surface area (Å²) in [4.78, 5) is 19.3. The van der Waals surface area contributed by atoms with Crippen LogP contribution >= 0.6 is 27.3 Å². The Balaban J connectivity index is 2.01. The largest absolute Gasteiger partial charge is 0.371 e. The van der Waals surface area contributed by atoms with E-state index < -0.39 is 6.23 Å². The number of hydrogen-bond donors (Lipinski definition) is 1. The van der Waals surface area contributed by atoms with Crippen LogP contribution in [-0.2, 0) is 0 Å². The molecule has 102 valence electrons. The summed E-state index contributed by atoms with van der Waals surface area (Å²) in [7, 11) is 0. The first-order valence-corrected chi connectivity index (χ1v) is 7.47. The van der Waals surface area contributed by atoms with Gasteiger partial charge in [-0.3, -0.25) is 0 Å². The van der Waals surface area contributed by atoms with E-state index in [4.69, 9.17) is 6.42 Å². The number of urea groups is 1. The van der Waals surface area contributed by atoms with Gasteiger partial charge in [-0.15, -0.1) is 6.42 Å².